The van der Waals surface area contributed by atoms with E-state index in [-0.39, 0.29) is 24.6 Å². The molecule has 5 heteroatoms. The summed E-state index contributed by atoms with van der Waals surface area (Å²) >= 11 is 3.46. The molecule has 0 aliphatic heterocycles. The maximum Gasteiger partial charge on any atom is 0.258 e. The Morgan fingerprint density at radius 3 is 2.52 bits per heavy atom. The number of halogens is 1. The Balaban J connectivity index is 2.69. The molecule has 21 heavy (non-hydrogen) atoms. The molecule has 1 aromatic carbocycles. The fraction of sp³-hybridized carbons (Fsp3) is 0.562. The molecular weight excluding hydrogens is 332 g/mol. The maximum atomic E-state index is 11.9. The molecule has 2 unspecified atom stereocenters. The van der Waals surface area contributed by atoms with Crippen LogP contribution in [0.15, 0.2) is 22.7 Å². The van der Waals surface area contributed by atoms with E-state index >= 15 is 0 Å². The third-order valence-corrected chi connectivity index (χ3v) is 4.11. The highest BCUT2D eigenvalue weighted by molar-refractivity contribution is 9.10. The average Bonchev–Trinajstić information content (AvgIpc) is 2.44. The first-order valence-electron chi connectivity index (χ1n) is 7.24. The summed E-state index contributed by atoms with van der Waals surface area (Å²) < 4.78 is 6.68. The maximum absolute atomic E-state index is 11.9. The van der Waals surface area contributed by atoms with Crippen LogP contribution in [0.2, 0.25) is 0 Å². The van der Waals surface area contributed by atoms with Crippen LogP contribution in [-0.2, 0) is 4.79 Å². The van der Waals surface area contributed by atoms with Crippen molar-refractivity contribution in [3.05, 3.63) is 28.2 Å². The molecule has 0 saturated heterocycles. The van der Waals surface area contributed by atoms with Gasteiger partial charge in [0, 0.05) is 22.1 Å². The van der Waals surface area contributed by atoms with Gasteiger partial charge in [-0.05, 0) is 45.0 Å². The van der Waals surface area contributed by atoms with Gasteiger partial charge in [-0.15, -0.1) is 0 Å². The molecule has 0 bridgehead atoms. The van der Waals surface area contributed by atoms with E-state index in [4.69, 9.17) is 4.74 Å². The second-order valence-corrected chi connectivity index (χ2v) is 6.50. The summed E-state index contributed by atoms with van der Waals surface area (Å²) in [4.78, 5) is 11.9. The number of hydrogen-bond acceptors (Lipinski definition) is 3. The molecule has 2 atom stereocenters. The molecule has 2 N–H and O–H groups in total. The molecule has 4 nitrogen and oxygen atoms in total. The quantitative estimate of drug-likeness (QED) is 0.788. The van der Waals surface area contributed by atoms with E-state index in [0.29, 0.717) is 5.92 Å². The van der Waals surface area contributed by atoms with E-state index in [9.17, 15) is 4.79 Å². The summed E-state index contributed by atoms with van der Waals surface area (Å²) in [6.45, 7) is 8.23. The molecule has 0 aromatic heterocycles. The molecule has 0 radical (unpaired) electrons. The Kier molecular flexibility index (Phi) is 7.18. The van der Waals surface area contributed by atoms with Gasteiger partial charge >= 0.3 is 0 Å². The van der Waals surface area contributed by atoms with E-state index in [2.05, 4.69) is 47.3 Å². The largest absolute Gasteiger partial charge is 0.483 e. The zero-order valence-corrected chi connectivity index (χ0v) is 15.0. The summed E-state index contributed by atoms with van der Waals surface area (Å²) in [5.74, 6) is 1.04. The summed E-state index contributed by atoms with van der Waals surface area (Å²) in [6, 6.07) is 6.09. The van der Waals surface area contributed by atoms with E-state index in [1.807, 2.05) is 32.2 Å². The topological polar surface area (TPSA) is 50.4 Å². The second-order valence-electron chi connectivity index (χ2n) is 5.58. The third-order valence-electron chi connectivity index (χ3n) is 3.62. The van der Waals surface area contributed by atoms with Gasteiger partial charge in [0.2, 0.25) is 0 Å². The van der Waals surface area contributed by atoms with Crippen LogP contribution >= 0.6 is 15.9 Å². The van der Waals surface area contributed by atoms with Gasteiger partial charge in [-0.3, -0.25) is 4.79 Å². The van der Waals surface area contributed by atoms with Crippen LogP contribution in [0.4, 0.5) is 0 Å². The number of hydrogen-bond donors (Lipinski definition) is 2. The average molecular weight is 357 g/mol. The standard InChI is InChI=1S/C16H25BrN2O2/c1-10(2)11(3)19-16(20)9-21-15-7-6-13(17)8-14(15)12(4)18-5/h6-8,10-12,18H,9H2,1-5H3,(H,19,20). The van der Waals surface area contributed by atoms with Crippen LogP contribution in [0.5, 0.6) is 5.75 Å². The number of carbonyl (C=O) groups is 1. The Morgan fingerprint density at radius 2 is 1.95 bits per heavy atom. The van der Waals surface area contributed by atoms with Gasteiger partial charge in [-0.2, -0.15) is 0 Å². The van der Waals surface area contributed by atoms with Crippen molar-refractivity contribution < 1.29 is 9.53 Å². The van der Waals surface area contributed by atoms with Crippen LogP contribution in [-0.4, -0.2) is 25.6 Å². The van der Waals surface area contributed by atoms with E-state index in [1.165, 1.54) is 0 Å². The molecule has 0 heterocycles. The smallest absolute Gasteiger partial charge is 0.258 e. The molecule has 0 spiro atoms. The van der Waals surface area contributed by atoms with Gasteiger partial charge in [0.1, 0.15) is 5.75 Å². The van der Waals surface area contributed by atoms with Crippen molar-refractivity contribution in [1.82, 2.24) is 10.6 Å². The molecule has 0 fully saturated rings. The van der Waals surface area contributed by atoms with E-state index in [1.54, 1.807) is 0 Å². The Labute approximate surface area is 135 Å². The van der Waals surface area contributed by atoms with Crippen LogP contribution in [0, 0.1) is 5.92 Å². The number of carbonyl (C=O) groups excluding carboxylic acids is 1. The molecule has 0 aliphatic rings. The van der Waals surface area contributed by atoms with Crippen LogP contribution in [0.3, 0.4) is 0 Å². The SMILES string of the molecule is CNC(C)c1cc(Br)ccc1OCC(=O)NC(C)C(C)C. The van der Waals surface area contributed by atoms with E-state index < -0.39 is 0 Å². The highest BCUT2D eigenvalue weighted by atomic mass is 79.9. The minimum absolute atomic E-state index is 0.0299. The first-order valence-corrected chi connectivity index (χ1v) is 8.03. The second kappa shape index (κ2) is 8.39. The van der Waals surface area contributed by atoms with Crippen molar-refractivity contribution in [1.29, 1.82) is 0 Å². The van der Waals surface area contributed by atoms with Crippen LogP contribution < -0.4 is 15.4 Å². The van der Waals surface area contributed by atoms with Crippen molar-refractivity contribution in [2.24, 2.45) is 5.92 Å². The molecule has 0 saturated carbocycles. The van der Waals surface area contributed by atoms with Crippen molar-refractivity contribution >= 4 is 21.8 Å². The molecule has 0 aliphatic carbocycles. The normalized spacial score (nSPS) is 13.9. The molecule has 118 valence electrons. The lowest BCUT2D eigenvalue weighted by Gasteiger charge is -2.19. The predicted octanol–water partition coefficient (Wildman–Crippen LogP) is 3.27. The lowest BCUT2D eigenvalue weighted by Crippen LogP contribution is -2.39. The first-order chi connectivity index (χ1) is 9.85. The lowest BCUT2D eigenvalue weighted by molar-refractivity contribution is -0.124. The zero-order valence-electron chi connectivity index (χ0n) is 13.4. The van der Waals surface area contributed by atoms with Gasteiger partial charge in [-0.1, -0.05) is 29.8 Å². The summed E-state index contributed by atoms with van der Waals surface area (Å²) in [6.07, 6.45) is 0. The number of ether oxygens (including phenoxy) is 1. The molecule has 1 amide bonds. The van der Waals surface area contributed by atoms with Crippen LogP contribution in [0.25, 0.3) is 0 Å². The van der Waals surface area contributed by atoms with Crippen LogP contribution in [0.1, 0.15) is 39.3 Å². The van der Waals surface area contributed by atoms with Gasteiger partial charge < -0.3 is 15.4 Å². The van der Waals surface area contributed by atoms with Gasteiger partial charge in [-0.25, -0.2) is 0 Å². The molecule has 1 aromatic rings. The summed E-state index contributed by atoms with van der Waals surface area (Å²) in [5, 5.41) is 6.12. The Bertz CT molecular complexity index is 477. The number of nitrogens with one attached hydrogen (secondary N) is 2. The lowest BCUT2D eigenvalue weighted by atomic mass is 10.1. The zero-order chi connectivity index (χ0) is 16.0. The molecular formula is C16H25BrN2O2. The fourth-order valence-electron chi connectivity index (χ4n) is 1.75. The third kappa shape index (κ3) is 5.67. The van der Waals surface area contributed by atoms with Crippen molar-refractivity contribution in [3.8, 4) is 5.75 Å². The fourth-order valence-corrected chi connectivity index (χ4v) is 2.13. The van der Waals surface area contributed by atoms with Crippen molar-refractivity contribution in [2.45, 2.75) is 39.8 Å². The Hall–Kier alpha value is -1.07. The first kappa shape index (κ1) is 18.0. The molecule has 1 rings (SSSR count). The number of rotatable bonds is 7. The van der Waals surface area contributed by atoms with Crippen molar-refractivity contribution in [3.63, 3.8) is 0 Å². The number of amides is 1. The minimum atomic E-state index is -0.0952. The highest BCUT2D eigenvalue weighted by Crippen LogP contribution is 2.28. The number of benzene rings is 1. The van der Waals surface area contributed by atoms with Gasteiger partial charge in [0.25, 0.3) is 5.91 Å². The highest BCUT2D eigenvalue weighted by Gasteiger charge is 2.14. The summed E-state index contributed by atoms with van der Waals surface area (Å²) in [5.41, 5.74) is 1.02. The van der Waals surface area contributed by atoms with Crippen molar-refractivity contribution in [2.75, 3.05) is 13.7 Å². The monoisotopic (exact) mass is 356 g/mol. The summed E-state index contributed by atoms with van der Waals surface area (Å²) in [7, 11) is 1.90. The van der Waals surface area contributed by atoms with Gasteiger partial charge in [0.15, 0.2) is 6.61 Å². The predicted molar refractivity (Wildman–Crippen MR) is 89.6 cm³/mol. The van der Waals surface area contributed by atoms with Gasteiger partial charge in [0.05, 0.1) is 0 Å². The minimum Gasteiger partial charge on any atom is -0.483 e. The Morgan fingerprint density at radius 1 is 1.29 bits per heavy atom. The van der Waals surface area contributed by atoms with E-state index in [0.717, 1.165) is 15.8 Å².